The van der Waals surface area contributed by atoms with E-state index in [4.69, 9.17) is 9.47 Å². The van der Waals surface area contributed by atoms with E-state index in [-0.39, 0.29) is 46.2 Å². The molecule has 0 aliphatic carbocycles. The minimum atomic E-state index is -0.640. The fourth-order valence-electron chi connectivity index (χ4n) is 5.44. The molecule has 4 aromatic carbocycles. The molecule has 0 unspecified atom stereocenters. The third-order valence-electron chi connectivity index (χ3n) is 8.15. The van der Waals surface area contributed by atoms with Crippen molar-refractivity contribution in [2.75, 3.05) is 35.4 Å². The van der Waals surface area contributed by atoms with Gasteiger partial charge in [0.1, 0.15) is 23.0 Å². The van der Waals surface area contributed by atoms with Gasteiger partial charge in [-0.15, -0.1) is 0 Å². The van der Waals surface area contributed by atoms with E-state index >= 15 is 0 Å². The maximum Gasteiger partial charge on any atom is 0.234 e. The fourth-order valence-corrected chi connectivity index (χ4v) is 6.81. The average molecular weight is 727 g/mol. The highest BCUT2D eigenvalue weighted by Gasteiger charge is 2.26. The SMILES string of the molecule is CCOc1ccc2nc(SCC(=O)Nc3ccc(C(C)(C)c4ccc(NC(=O)CSc5nc6ccc(OCC)cc6[nH]5)c(O)c4)cc3O)[nH]c2c1. The van der Waals surface area contributed by atoms with Crippen LogP contribution >= 0.6 is 23.5 Å². The molecule has 6 rings (SSSR count). The van der Waals surface area contributed by atoms with Crippen molar-refractivity contribution in [1.82, 2.24) is 19.9 Å². The lowest BCUT2D eigenvalue weighted by molar-refractivity contribution is -0.114. The quantitative estimate of drug-likeness (QED) is 0.0489. The van der Waals surface area contributed by atoms with Crippen LogP contribution in [0.1, 0.15) is 38.8 Å². The van der Waals surface area contributed by atoms with Crippen LogP contribution in [-0.4, -0.2) is 66.7 Å². The maximum atomic E-state index is 12.8. The lowest BCUT2D eigenvalue weighted by Crippen LogP contribution is -2.20. The first-order chi connectivity index (χ1) is 24.5. The normalized spacial score (nSPS) is 11.5. The van der Waals surface area contributed by atoms with Crippen molar-refractivity contribution < 1.29 is 29.3 Å². The van der Waals surface area contributed by atoms with E-state index in [1.54, 1.807) is 24.3 Å². The number of H-pyrrole nitrogens is 2. The molecule has 2 amide bonds. The van der Waals surface area contributed by atoms with Crippen molar-refractivity contribution in [3.63, 3.8) is 0 Å². The molecule has 0 atom stereocenters. The van der Waals surface area contributed by atoms with E-state index in [1.807, 2.05) is 76.2 Å². The topological polar surface area (TPSA) is 174 Å². The Labute approximate surface area is 302 Å². The summed E-state index contributed by atoms with van der Waals surface area (Å²) < 4.78 is 11.1. The van der Waals surface area contributed by atoms with Gasteiger partial charge in [-0.1, -0.05) is 49.5 Å². The van der Waals surface area contributed by atoms with Gasteiger partial charge in [-0.25, -0.2) is 9.97 Å². The second-order valence-corrected chi connectivity index (χ2v) is 14.0. The van der Waals surface area contributed by atoms with Crippen LogP contribution in [0.15, 0.2) is 83.1 Å². The van der Waals surface area contributed by atoms with Gasteiger partial charge in [0.05, 0.1) is 58.2 Å². The van der Waals surface area contributed by atoms with E-state index in [0.717, 1.165) is 44.7 Å². The van der Waals surface area contributed by atoms with Gasteiger partial charge in [-0.05, 0) is 73.5 Å². The maximum absolute atomic E-state index is 12.8. The van der Waals surface area contributed by atoms with Crippen LogP contribution in [0.5, 0.6) is 23.0 Å². The van der Waals surface area contributed by atoms with Crippen LogP contribution < -0.4 is 20.1 Å². The van der Waals surface area contributed by atoms with Gasteiger partial charge in [0.15, 0.2) is 10.3 Å². The van der Waals surface area contributed by atoms with Crippen LogP contribution in [-0.2, 0) is 15.0 Å². The molecule has 0 aliphatic heterocycles. The van der Waals surface area contributed by atoms with Gasteiger partial charge in [0.2, 0.25) is 11.8 Å². The van der Waals surface area contributed by atoms with Gasteiger partial charge in [-0.2, -0.15) is 0 Å². The van der Waals surface area contributed by atoms with Crippen molar-refractivity contribution in [2.45, 2.75) is 43.4 Å². The van der Waals surface area contributed by atoms with E-state index in [2.05, 4.69) is 30.6 Å². The van der Waals surface area contributed by atoms with Crippen molar-refractivity contribution in [2.24, 2.45) is 0 Å². The number of phenolic OH excluding ortho intramolecular Hbond substituents is 2. The largest absolute Gasteiger partial charge is 0.506 e. The van der Waals surface area contributed by atoms with Gasteiger partial charge in [0, 0.05) is 17.5 Å². The minimum Gasteiger partial charge on any atom is -0.506 e. The summed E-state index contributed by atoms with van der Waals surface area (Å²) in [6, 6.07) is 21.3. The zero-order chi connectivity index (χ0) is 36.1. The van der Waals surface area contributed by atoms with Crippen LogP contribution in [0.25, 0.3) is 22.1 Å². The number of fused-ring (bicyclic) bond motifs is 2. The van der Waals surface area contributed by atoms with Crippen LogP contribution in [0, 0.1) is 0 Å². The number of thioether (sulfide) groups is 2. The first kappa shape index (κ1) is 35.5. The third-order valence-corrected chi connectivity index (χ3v) is 9.90. The molecule has 14 heteroatoms. The number of rotatable bonds is 14. The summed E-state index contributed by atoms with van der Waals surface area (Å²) in [6.45, 7) is 8.88. The smallest absolute Gasteiger partial charge is 0.234 e. The lowest BCUT2D eigenvalue weighted by Gasteiger charge is -2.27. The Balaban J connectivity index is 1.03. The summed E-state index contributed by atoms with van der Waals surface area (Å²) in [7, 11) is 0. The Morgan fingerprint density at radius 2 is 1.12 bits per heavy atom. The third kappa shape index (κ3) is 8.35. The summed E-state index contributed by atoms with van der Waals surface area (Å²) in [5.41, 5.74) is 4.62. The number of anilines is 2. The predicted molar refractivity (Wildman–Crippen MR) is 202 cm³/mol. The number of ether oxygens (including phenoxy) is 2. The Morgan fingerprint density at radius 3 is 1.51 bits per heavy atom. The number of imidazole rings is 2. The van der Waals surface area contributed by atoms with Gasteiger partial charge in [0.25, 0.3) is 0 Å². The van der Waals surface area contributed by atoms with Crippen molar-refractivity contribution in [3.05, 3.63) is 83.9 Å². The number of nitrogens with one attached hydrogen (secondary N) is 4. The number of hydrogen-bond donors (Lipinski definition) is 6. The van der Waals surface area contributed by atoms with Crippen LogP contribution in [0.3, 0.4) is 0 Å². The van der Waals surface area contributed by atoms with Gasteiger partial charge < -0.3 is 40.3 Å². The Bertz CT molecular complexity index is 2060. The molecule has 51 heavy (non-hydrogen) atoms. The number of aromatic nitrogens is 4. The number of benzene rings is 4. The predicted octanol–water partition coefficient (Wildman–Crippen LogP) is 7.44. The van der Waals surface area contributed by atoms with Gasteiger partial charge >= 0.3 is 0 Å². The van der Waals surface area contributed by atoms with E-state index in [9.17, 15) is 19.8 Å². The number of aromatic hydroxyl groups is 2. The number of carbonyl (C=O) groups excluding carboxylic acids is 2. The molecule has 0 aliphatic rings. The van der Waals surface area contributed by atoms with E-state index in [0.29, 0.717) is 23.5 Å². The Kier molecular flexibility index (Phi) is 10.6. The van der Waals surface area contributed by atoms with Crippen molar-refractivity contribution >= 4 is 68.8 Å². The molecular formula is C37H38N6O6S2. The molecule has 0 saturated carbocycles. The highest BCUT2D eigenvalue weighted by molar-refractivity contribution is 8.00. The summed E-state index contributed by atoms with van der Waals surface area (Å²) in [4.78, 5) is 40.9. The molecule has 6 aromatic rings. The molecule has 0 bridgehead atoms. The second kappa shape index (κ2) is 15.3. The highest BCUT2D eigenvalue weighted by atomic mass is 32.2. The van der Waals surface area contributed by atoms with E-state index < -0.39 is 5.41 Å². The molecule has 2 aromatic heterocycles. The number of carbonyl (C=O) groups is 2. The Hall–Kier alpha value is -5.34. The molecule has 12 nitrogen and oxygen atoms in total. The number of aromatic amines is 2. The molecule has 2 heterocycles. The summed E-state index contributed by atoms with van der Waals surface area (Å²) in [6.07, 6.45) is 0. The molecule has 0 saturated heterocycles. The molecular weight excluding hydrogens is 689 g/mol. The van der Waals surface area contributed by atoms with Crippen LogP contribution in [0.2, 0.25) is 0 Å². The van der Waals surface area contributed by atoms with Crippen molar-refractivity contribution in [3.8, 4) is 23.0 Å². The number of hydrogen-bond acceptors (Lipinski definition) is 10. The molecule has 264 valence electrons. The lowest BCUT2D eigenvalue weighted by atomic mass is 9.78. The fraction of sp³-hybridized carbons (Fsp3) is 0.243. The minimum absolute atomic E-state index is 0.0846. The number of phenols is 2. The standard InChI is InChI=1S/C37H38N6O6S2/c1-5-48-23-9-13-25-29(17-23)42-35(40-25)50-19-33(46)38-27-11-7-21(15-31(27)44)37(3,4)22-8-12-28(32(45)16-22)39-34(47)20-51-36-41-26-14-10-24(49-6-2)18-30(26)43-36/h7-18,44-45H,5-6,19-20H2,1-4H3,(H,38,46)(H,39,47)(H,40,42)(H,41,43). The van der Waals surface area contributed by atoms with Gasteiger partial charge in [-0.3, -0.25) is 9.59 Å². The van der Waals surface area contributed by atoms with E-state index in [1.165, 1.54) is 23.5 Å². The summed E-state index contributed by atoms with van der Waals surface area (Å²) in [5, 5.41) is 28.4. The second-order valence-electron chi connectivity index (χ2n) is 12.1. The Morgan fingerprint density at radius 1 is 0.686 bits per heavy atom. The zero-order valence-corrected chi connectivity index (χ0v) is 30.1. The first-order valence-corrected chi connectivity index (χ1v) is 18.3. The zero-order valence-electron chi connectivity index (χ0n) is 28.5. The van der Waals surface area contributed by atoms with Crippen molar-refractivity contribution in [1.29, 1.82) is 0 Å². The average Bonchev–Trinajstić information content (AvgIpc) is 3.71. The molecule has 0 radical (unpaired) electrons. The monoisotopic (exact) mass is 726 g/mol. The first-order valence-electron chi connectivity index (χ1n) is 16.3. The molecule has 0 spiro atoms. The number of amides is 2. The molecule has 0 fully saturated rings. The number of nitrogens with zero attached hydrogens (tertiary/aromatic N) is 2. The van der Waals surface area contributed by atoms with Crippen LogP contribution in [0.4, 0.5) is 11.4 Å². The molecule has 6 N–H and O–H groups in total. The highest BCUT2D eigenvalue weighted by Crippen LogP contribution is 2.39. The summed E-state index contributed by atoms with van der Waals surface area (Å²) in [5.74, 6) is 0.882. The summed E-state index contributed by atoms with van der Waals surface area (Å²) >= 11 is 2.51.